The zero-order valence-corrected chi connectivity index (χ0v) is 20.8. The number of morpholine rings is 1. The highest BCUT2D eigenvalue weighted by atomic mass is 19.1. The molecule has 1 saturated heterocycles. The van der Waals surface area contributed by atoms with Crippen molar-refractivity contribution in [3.63, 3.8) is 0 Å². The summed E-state index contributed by atoms with van der Waals surface area (Å²) in [6, 6.07) is 8.77. The topological polar surface area (TPSA) is 73.8 Å². The number of hydrogen-bond donors (Lipinski definition) is 1. The highest BCUT2D eigenvalue weighted by Gasteiger charge is 2.20. The van der Waals surface area contributed by atoms with Crippen molar-refractivity contribution in [2.45, 2.75) is 13.5 Å². The molecule has 4 rings (SSSR count). The predicted molar refractivity (Wildman–Crippen MR) is 137 cm³/mol. The van der Waals surface area contributed by atoms with Gasteiger partial charge < -0.3 is 24.8 Å². The fourth-order valence-electron chi connectivity index (χ4n) is 4.21. The minimum Gasteiger partial charge on any atom is -0.378 e. The smallest absolute Gasteiger partial charge is 0.253 e. The van der Waals surface area contributed by atoms with Crippen molar-refractivity contribution < 1.29 is 13.9 Å². The fourth-order valence-corrected chi connectivity index (χ4v) is 4.21. The number of fused-ring (bicyclic) bond motifs is 1. The van der Waals surface area contributed by atoms with E-state index in [-0.39, 0.29) is 11.7 Å². The van der Waals surface area contributed by atoms with Crippen LogP contribution in [0, 0.1) is 12.7 Å². The third-order valence-electron chi connectivity index (χ3n) is 6.44. The number of benzene rings is 2. The quantitative estimate of drug-likeness (QED) is 0.532. The van der Waals surface area contributed by atoms with Gasteiger partial charge in [-0.1, -0.05) is 12.1 Å². The number of hydrogen-bond acceptors (Lipinski definition) is 7. The van der Waals surface area contributed by atoms with Crippen LogP contribution in [0.3, 0.4) is 0 Å². The van der Waals surface area contributed by atoms with E-state index in [1.807, 2.05) is 31.1 Å². The van der Waals surface area contributed by atoms with Gasteiger partial charge in [0.1, 0.15) is 17.2 Å². The van der Waals surface area contributed by atoms with Crippen LogP contribution < -0.4 is 15.1 Å². The molecular weight excluding hydrogens is 447 g/mol. The Hall–Kier alpha value is -3.30. The highest BCUT2D eigenvalue weighted by Crippen LogP contribution is 2.30. The molecule has 186 valence electrons. The van der Waals surface area contributed by atoms with Gasteiger partial charge in [0.15, 0.2) is 0 Å². The van der Waals surface area contributed by atoms with E-state index in [2.05, 4.69) is 15.2 Å². The molecule has 8 nitrogen and oxygen atoms in total. The van der Waals surface area contributed by atoms with E-state index in [1.165, 1.54) is 6.07 Å². The first-order valence-electron chi connectivity index (χ1n) is 11.9. The Bertz CT molecular complexity index is 1200. The Labute approximate surface area is 205 Å². The molecule has 0 atom stereocenters. The van der Waals surface area contributed by atoms with Gasteiger partial charge in [0.05, 0.1) is 30.6 Å². The Morgan fingerprint density at radius 2 is 2.00 bits per heavy atom. The second-order valence-corrected chi connectivity index (χ2v) is 8.90. The van der Waals surface area contributed by atoms with Crippen molar-refractivity contribution in [2.75, 3.05) is 70.3 Å². The summed E-state index contributed by atoms with van der Waals surface area (Å²) in [5.41, 5.74) is 4.16. The monoisotopic (exact) mass is 480 g/mol. The zero-order valence-electron chi connectivity index (χ0n) is 20.8. The highest BCUT2D eigenvalue weighted by molar-refractivity contribution is 6.01. The molecule has 1 N–H and O–H groups in total. The molecule has 1 aliphatic heterocycles. The van der Waals surface area contributed by atoms with Gasteiger partial charge in [0, 0.05) is 52.4 Å². The van der Waals surface area contributed by atoms with E-state index in [1.54, 1.807) is 37.2 Å². The maximum absolute atomic E-state index is 14.2. The van der Waals surface area contributed by atoms with Gasteiger partial charge in [-0.15, -0.1) is 0 Å². The number of carbonyl (C=O) groups excluding carboxylic acids is 1. The zero-order chi connectivity index (χ0) is 24.9. The number of amides is 1. The lowest BCUT2D eigenvalue weighted by Crippen LogP contribution is -2.36. The summed E-state index contributed by atoms with van der Waals surface area (Å²) >= 11 is 0. The molecule has 3 aromatic rings. The maximum Gasteiger partial charge on any atom is 0.253 e. The first-order valence-corrected chi connectivity index (χ1v) is 11.9. The van der Waals surface area contributed by atoms with Crippen LogP contribution >= 0.6 is 0 Å². The minimum absolute atomic E-state index is 0.0854. The van der Waals surface area contributed by atoms with E-state index in [4.69, 9.17) is 9.72 Å². The van der Waals surface area contributed by atoms with Crippen LogP contribution in [0.4, 0.5) is 15.9 Å². The fraction of sp³-hybridized carbons (Fsp3) is 0.423. The van der Waals surface area contributed by atoms with Gasteiger partial charge in [0.25, 0.3) is 5.91 Å². The van der Waals surface area contributed by atoms with Crippen molar-refractivity contribution in [3.05, 3.63) is 59.0 Å². The molecule has 9 heteroatoms. The van der Waals surface area contributed by atoms with E-state index < -0.39 is 0 Å². The molecule has 1 amide bonds. The van der Waals surface area contributed by atoms with Crippen molar-refractivity contribution >= 4 is 28.4 Å². The molecular formula is C26H33FN6O2. The number of nitrogens with one attached hydrogen (secondary N) is 1. The summed E-state index contributed by atoms with van der Waals surface area (Å²) in [5.74, 6) is 0.464. The van der Waals surface area contributed by atoms with Gasteiger partial charge in [-0.05, 0) is 43.3 Å². The van der Waals surface area contributed by atoms with E-state index in [0.717, 1.165) is 30.2 Å². The number of nitrogens with zero attached hydrogens (tertiary/aromatic N) is 5. The molecule has 35 heavy (non-hydrogen) atoms. The Kier molecular flexibility index (Phi) is 7.77. The third kappa shape index (κ3) is 5.52. The van der Waals surface area contributed by atoms with Gasteiger partial charge in [-0.2, -0.15) is 0 Å². The van der Waals surface area contributed by atoms with Crippen LogP contribution in [0.15, 0.2) is 36.5 Å². The second-order valence-electron chi connectivity index (χ2n) is 8.90. The largest absolute Gasteiger partial charge is 0.378 e. The third-order valence-corrected chi connectivity index (χ3v) is 6.44. The number of carbonyl (C=O) groups is 1. The molecule has 0 radical (unpaired) electrons. The average Bonchev–Trinajstić information content (AvgIpc) is 2.88. The summed E-state index contributed by atoms with van der Waals surface area (Å²) < 4.78 is 19.7. The van der Waals surface area contributed by atoms with Crippen LogP contribution in [0.25, 0.3) is 11.0 Å². The Morgan fingerprint density at radius 3 is 2.74 bits per heavy atom. The van der Waals surface area contributed by atoms with Gasteiger partial charge in [-0.3, -0.25) is 9.78 Å². The van der Waals surface area contributed by atoms with Gasteiger partial charge in [-0.25, -0.2) is 9.37 Å². The normalized spacial score (nSPS) is 13.8. The SMILES string of the molecule is CNCCN(C)C(=O)c1cc(N(C)Cc2cccc(F)c2C)c2nc(N3CCOCC3)cnc2c1. The molecule has 2 aromatic carbocycles. The van der Waals surface area contributed by atoms with E-state index >= 15 is 0 Å². The lowest BCUT2D eigenvalue weighted by Gasteiger charge is -2.28. The van der Waals surface area contributed by atoms with Crippen LogP contribution in [0.1, 0.15) is 21.5 Å². The average molecular weight is 481 g/mol. The Morgan fingerprint density at radius 1 is 1.23 bits per heavy atom. The molecule has 0 unspecified atom stereocenters. The second kappa shape index (κ2) is 11.0. The summed E-state index contributed by atoms with van der Waals surface area (Å²) in [5, 5.41) is 3.07. The molecule has 1 aromatic heterocycles. The number of anilines is 2. The molecule has 0 aliphatic carbocycles. The summed E-state index contributed by atoms with van der Waals surface area (Å²) in [4.78, 5) is 28.7. The summed E-state index contributed by atoms with van der Waals surface area (Å²) in [6.45, 7) is 6.34. The van der Waals surface area contributed by atoms with Crippen LogP contribution in [0.2, 0.25) is 0 Å². The Balaban J connectivity index is 1.76. The standard InChI is InChI=1S/C26H33FN6O2/c1-18-19(6-5-7-21(18)27)17-32(4)23-15-20(26(34)31(3)9-8-28-2)14-22-25(23)30-24(16-29-22)33-10-12-35-13-11-33/h5-7,14-16,28H,8-13,17H2,1-4H3. The van der Waals surface area contributed by atoms with Crippen molar-refractivity contribution in [1.29, 1.82) is 0 Å². The number of aromatic nitrogens is 2. The van der Waals surface area contributed by atoms with Crippen molar-refractivity contribution in [3.8, 4) is 0 Å². The number of rotatable bonds is 8. The molecule has 0 bridgehead atoms. The summed E-state index contributed by atoms with van der Waals surface area (Å²) in [7, 11) is 5.58. The minimum atomic E-state index is -0.231. The van der Waals surface area contributed by atoms with E-state index in [0.29, 0.717) is 55.0 Å². The lowest BCUT2D eigenvalue weighted by atomic mass is 10.1. The number of halogens is 1. The molecule has 0 saturated carbocycles. The molecule has 0 spiro atoms. The summed E-state index contributed by atoms with van der Waals surface area (Å²) in [6.07, 6.45) is 1.76. The van der Waals surface area contributed by atoms with E-state index in [9.17, 15) is 9.18 Å². The molecule has 1 fully saturated rings. The molecule has 1 aliphatic rings. The van der Waals surface area contributed by atoms with Crippen LogP contribution in [0.5, 0.6) is 0 Å². The number of ether oxygens (including phenoxy) is 1. The van der Waals surface area contributed by atoms with Crippen molar-refractivity contribution in [2.24, 2.45) is 0 Å². The molecule has 2 heterocycles. The van der Waals surface area contributed by atoms with Crippen LogP contribution in [-0.2, 0) is 11.3 Å². The van der Waals surface area contributed by atoms with Gasteiger partial charge in [0.2, 0.25) is 0 Å². The van der Waals surface area contributed by atoms with Crippen molar-refractivity contribution in [1.82, 2.24) is 20.2 Å². The maximum atomic E-state index is 14.2. The van der Waals surface area contributed by atoms with Gasteiger partial charge >= 0.3 is 0 Å². The lowest BCUT2D eigenvalue weighted by molar-refractivity contribution is 0.0797. The number of likely N-dealkylation sites (N-methyl/N-ethyl adjacent to an activating group) is 2. The first kappa shape index (κ1) is 24.8. The predicted octanol–water partition coefficient (Wildman–Crippen LogP) is 2.84. The first-order chi connectivity index (χ1) is 16.9. The van der Waals surface area contributed by atoms with Crippen LogP contribution in [-0.4, -0.2) is 81.3 Å².